The Kier molecular flexibility index (Phi) is 22.8. The van der Waals surface area contributed by atoms with Crippen molar-refractivity contribution < 1.29 is 18.9 Å². The molecule has 0 aromatic heterocycles. The van der Waals surface area contributed by atoms with Crippen LogP contribution in [0.5, 0.6) is 23.0 Å². The molecule has 0 unspecified atom stereocenters. The van der Waals surface area contributed by atoms with Gasteiger partial charge >= 0.3 is 0 Å². The smallest absolute Gasteiger partial charge is 0.161 e. The topological polar surface area (TPSA) is 61.6 Å². The lowest BCUT2D eigenvalue weighted by atomic mass is 10.1. The molecule has 0 N–H and O–H groups in total. The second-order valence-corrected chi connectivity index (χ2v) is 13.9. The van der Waals surface area contributed by atoms with Crippen LogP contribution in [-0.4, -0.2) is 39.9 Å². The van der Waals surface area contributed by atoms with Crippen molar-refractivity contribution in [2.75, 3.05) is 27.4 Å². The number of rotatable bonds is 30. The molecule has 0 aliphatic heterocycles. The third-order valence-corrected chi connectivity index (χ3v) is 9.46. The number of benzene rings is 3. The highest BCUT2D eigenvalue weighted by Crippen LogP contribution is 2.30. The average Bonchev–Trinajstić information content (AvgIpc) is 3.18. The van der Waals surface area contributed by atoms with Gasteiger partial charge in [-0.2, -0.15) is 0 Å². The molecule has 0 fully saturated rings. The minimum Gasteiger partial charge on any atom is -0.493 e. The number of hydrogen-bond acceptors (Lipinski definition) is 6. The summed E-state index contributed by atoms with van der Waals surface area (Å²) in [6.45, 7) is 5.96. The zero-order valence-electron chi connectivity index (χ0n) is 33.0. The summed E-state index contributed by atoms with van der Waals surface area (Å²) in [7, 11) is 3.36. The minimum atomic E-state index is 0.710. The van der Waals surface area contributed by atoms with Crippen LogP contribution in [0.3, 0.4) is 0 Å². The summed E-state index contributed by atoms with van der Waals surface area (Å²) in [5, 5.41) is 0. The summed E-state index contributed by atoms with van der Waals surface area (Å²) >= 11 is 0. The first-order chi connectivity index (χ1) is 25.7. The monoisotopic (exact) mass is 713 g/mol. The molecule has 0 atom stereocenters. The number of aliphatic imine (C=N–C) groups is 2. The van der Waals surface area contributed by atoms with Crippen LogP contribution >= 0.6 is 0 Å². The fourth-order valence-corrected chi connectivity index (χ4v) is 6.23. The van der Waals surface area contributed by atoms with Gasteiger partial charge in [-0.3, -0.25) is 9.98 Å². The fraction of sp³-hybridized carbons (Fsp3) is 0.565. The maximum atomic E-state index is 6.05. The molecule has 6 nitrogen and oxygen atoms in total. The normalized spacial score (nSPS) is 11.5. The van der Waals surface area contributed by atoms with Gasteiger partial charge in [0.25, 0.3) is 0 Å². The van der Waals surface area contributed by atoms with Crippen LogP contribution in [0.2, 0.25) is 0 Å². The van der Waals surface area contributed by atoms with Crippen LogP contribution in [0.1, 0.15) is 153 Å². The maximum Gasteiger partial charge on any atom is 0.161 e. The van der Waals surface area contributed by atoms with Gasteiger partial charge in [0.1, 0.15) is 0 Å². The van der Waals surface area contributed by atoms with Crippen molar-refractivity contribution in [2.24, 2.45) is 9.98 Å². The molecular weight excluding hydrogens is 645 g/mol. The highest BCUT2D eigenvalue weighted by molar-refractivity contribution is 5.84. The Labute approximate surface area is 316 Å². The number of nitrogens with zero attached hydrogens (tertiary/aromatic N) is 2. The van der Waals surface area contributed by atoms with Gasteiger partial charge in [0.15, 0.2) is 23.0 Å². The van der Waals surface area contributed by atoms with Gasteiger partial charge in [-0.1, -0.05) is 129 Å². The largest absolute Gasteiger partial charge is 0.493 e. The van der Waals surface area contributed by atoms with E-state index in [0.717, 1.165) is 58.3 Å². The molecule has 0 aliphatic carbocycles. The van der Waals surface area contributed by atoms with Crippen LogP contribution in [0, 0.1) is 0 Å². The fourth-order valence-electron chi connectivity index (χ4n) is 6.23. The molecule has 0 saturated heterocycles. The van der Waals surface area contributed by atoms with Crippen LogP contribution in [-0.2, 0) is 0 Å². The average molecular weight is 713 g/mol. The Hall–Kier alpha value is -3.80. The van der Waals surface area contributed by atoms with Gasteiger partial charge in [0, 0.05) is 12.4 Å². The molecule has 3 rings (SSSR count). The minimum absolute atomic E-state index is 0.710. The van der Waals surface area contributed by atoms with Gasteiger partial charge in [-0.25, -0.2) is 0 Å². The van der Waals surface area contributed by atoms with Gasteiger partial charge in [-0.15, -0.1) is 0 Å². The summed E-state index contributed by atoms with van der Waals surface area (Å²) in [5.74, 6) is 3.01. The lowest BCUT2D eigenvalue weighted by Gasteiger charge is -2.11. The van der Waals surface area contributed by atoms with Gasteiger partial charge < -0.3 is 18.9 Å². The molecule has 0 heterocycles. The van der Waals surface area contributed by atoms with E-state index in [9.17, 15) is 0 Å². The van der Waals surface area contributed by atoms with Gasteiger partial charge in [0.05, 0.1) is 38.8 Å². The summed E-state index contributed by atoms with van der Waals surface area (Å²) in [6.07, 6.45) is 29.9. The second kappa shape index (κ2) is 27.8. The van der Waals surface area contributed by atoms with Crippen molar-refractivity contribution >= 4 is 23.8 Å². The van der Waals surface area contributed by atoms with E-state index >= 15 is 0 Å². The highest BCUT2D eigenvalue weighted by Gasteiger charge is 2.07. The predicted octanol–water partition coefficient (Wildman–Crippen LogP) is 13.8. The third-order valence-electron chi connectivity index (χ3n) is 9.46. The van der Waals surface area contributed by atoms with Crippen LogP contribution < -0.4 is 18.9 Å². The Morgan fingerprint density at radius 2 is 0.731 bits per heavy atom. The van der Waals surface area contributed by atoms with E-state index in [-0.39, 0.29) is 0 Å². The second-order valence-electron chi connectivity index (χ2n) is 13.9. The van der Waals surface area contributed by atoms with Crippen molar-refractivity contribution in [1.82, 2.24) is 0 Å². The van der Waals surface area contributed by atoms with Crippen molar-refractivity contribution in [2.45, 2.75) is 142 Å². The molecule has 286 valence electrons. The Bertz CT molecular complexity index is 1300. The molecular formula is C46H68N2O4. The molecule has 0 spiro atoms. The maximum absolute atomic E-state index is 6.05. The van der Waals surface area contributed by atoms with Crippen LogP contribution in [0.15, 0.2) is 70.6 Å². The van der Waals surface area contributed by atoms with E-state index in [0.29, 0.717) is 13.2 Å². The van der Waals surface area contributed by atoms with Gasteiger partial charge in [0.2, 0.25) is 0 Å². The van der Waals surface area contributed by atoms with E-state index in [2.05, 4.69) is 23.8 Å². The van der Waals surface area contributed by atoms with Crippen molar-refractivity contribution in [3.8, 4) is 23.0 Å². The quantitative estimate of drug-likeness (QED) is 0.0510. The zero-order valence-corrected chi connectivity index (χ0v) is 33.0. The first kappa shape index (κ1) is 42.6. The van der Waals surface area contributed by atoms with Crippen LogP contribution in [0.25, 0.3) is 0 Å². The van der Waals surface area contributed by atoms with Gasteiger partial charge in [-0.05, 0) is 84.6 Å². The Morgan fingerprint density at radius 3 is 1.06 bits per heavy atom. The Balaban J connectivity index is 1.37. The van der Waals surface area contributed by atoms with Crippen LogP contribution in [0.4, 0.5) is 11.4 Å². The van der Waals surface area contributed by atoms with Crippen molar-refractivity contribution in [3.63, 3.8) is 0 Å². The van der Waals surface area contributed by atoms with E-state index in [1.54, 1.807) is 14.2 Å². The molecule has 0 radical (unpaired) electrons. The summed E-state index contributed by atoms with van der Waals surface area (Å²) in [6, 6.07) is 19.8. The first-order valence-electron chi connectivity index (χ1n) is 20.5. The SMILES string of the molecule is CCCCCCCCCCCCOc1ccc(C=Nc2ccc(N=Cc3ccc(OCCCCCCCCCCCC)c(OC)c3)cc2)cc1OC. The molecule has 52 heavy (non-hydrogen) atoms. The summed E-state index contributed by atoms with van der Waals surface area (Å²) in [5.41, 5.74) is 3.61. The lowest BCUT2D eigenvalue weighted by molar-refractivity contribution is 0.284. The standard InChI is InChI=1S/C46H68N2O4/c1-5-7-9-11-13-15-17-19-21-23-33-51-43-31-25-39(35-45(43)49-3)37-47-41-27-29-42(30-28-41)48-38-40-26-32-44(46(36-40)50-4)52-34-24-22-20-18-16-14-12-10-8-6-2/h25-32,35-38H,5-24,33-34H2,1-4H3. The molecule has 6 heteroatoms. The number of ether oxygens (including phenoxy) is 4. The van der Waals surface area contributed by atoms with E-state index in [1.165, 1.54) is 116 Å². The van der Waals surface area contributed by atoms with E-state index in [4.69, 9.17) is 18.9 Å². The molecule has 0 amide bonds. The molecule has 3 aromatic carbocycles. The predicted molar refractivity (Wildman–Crippen MR) is 222 cm³/mol. The lowest BCUT2D eigenvalue weighted by Crippen LogP contribution is -2.00. The van der Waals surface area contributed by atoms with E-state index in [1.807, 2.05) is 73.1 Å². The highest BCUT2D eigenvalue weighted by atomic mass is 16.5. The van der Waals surface area contributed by atoms with E-state index < -0.39 is 0 Å². The molecule has 0 saturated carbocycles. The molecule has 0 bridgehead atoms. The summed E-state index contributed by atoms with van der Waals surface area (Å²) < 4.78 is 23.3. The number of hydrogen-bond donors (Lipinski definition) is 0. The number of unbranched alkanes of at least 4 members (excludes halogenated alkanes) is 18. The number of methoxy groups -OCH3 is 2. The first-order valence-corrected chi connectivity index (χ1v) is 20.5. The molecule has 3 aromatic rings. The Morgan fingerprint density at radius 1 is 0.404 bits per heavy atom. The van der Waals surface area contributed by atoms with Crippen molar-refractivity contribution in [3.05, 3.63) is 71.8 Å². The third kappa shape index (κ3) is 18.1. The van der Waals surface area contributed by atoms with Crippen molar-refractivity contribution in [1.29, 1.82) is 0 Å². The summed E-state index contributed by atoms with van der Waals surface area (Å²) in [4.78, 5) is 9.33. The zero-order chi connectivity index (χ0) is 36.9. The molecule has 0 aliphatic rings.